The van der Waals surface area contributed by atoms with E-state index in [0.717, 1.165) is 18.4 Å². The molecule has 0 N–H and O–H groups in total. The smallest absolute Gasteiger partial charge is 0.0546 e. The normalized spacial score (nSPS) is 13.5. The van der Waals surface area contributed by atoms with Crippen molar-refractivity contribution in [3.63, 3.8) is 0 Å². The minimum absolute atomic E-state index is 0.448. The first-order chi connectivity index (χ1) is 4.81. The Morgan fingerprint density at radius 3 is 2.70 bits per heavy atom. The largest absolute Gasteiger partial charge is 0.378 e. The lowest BCUT2D eigenvalue weighted by Crippen LogP contribution is -2.08. The topological polar surface area (TPSA) is 9.23 Å². The molecule has 0 aliphatic heterocycles. The Morgan fingerprint density at radius 2 is 2.20 bits per heavy atom. The average Bonchev–Trinajstić information content (AvgIpc) is 1.89. The van der Waals surface area contributed by atoms with Crippen LogP contribution in [0.25, 0.3) is 0 Å². The molecule has 0 heterocycles. The van der Waals surface area contributed by atoms with Crippen molar-refractivity contribution in [2.75, 3.05) is 11.9 Å². The van der Waals surface area contributed by atoms with Gasteiger partial charge in [0.1, 0.15) is 0 Å². The second kappa shape index (κ2) is 7.55. The molecule has 0 spiro atoms. The second-order valence-corrected chi connectivity index (χ2v) is 3.31. The summed E-state index contributed by atoms with van der Waals surface area (Å²) in [5.74, 6) is 0. The van der Waals surface area contributed by atoms with E-state index < -0.39 is 0 Å². The highest BCUT2D eigenvalue weighted by molar-refractivity contribution is 9.09. The molecule has 0 rings (SSSR count). The Labute approximate surface area is 72.3 Å². The molecular formula is C8H17BrO. The summed E-state index contributed by atoms with van der Waals surface area (Å²) in [6, 6.07) is 0. The van der Waals surface area contributed by atoms with Crippen LogP contribution in [0.5, 0.6) is 0 Å². The SMILES string of the molecule is CCCC(C)OCCCBr. The number of alkyl halides is 1. The molecule has 62 valence electrons. The Morgan fingerprint density at radius 1 is 1.50 bits per heavy atom. The van der Waals surface area contributed by atoms with Crippen molar-refractivity contribution in [2.24, 2.45) is 0 Å². The van der Waals surface area contributed by atoms with E-state index in [4.69, 9.17) is 4.74 Å². The molecule has 1 nitrogen and oxygen atoms in total. The number of ether oxygens (including phenoxy) is 1. The van der Waals surface area contributed by atoms with Crippen molar-refractivity contribution < 1.29 is 4.74 Å². The van der Waals surface area contributed by atoms with Crippen molar-refractivity contribution in [3.05, 3.63) is 0 Å². The molecule has 0 aromatic rings. The van der Waals surface area contributed by atoms with E-state index in [1.807, 2.05) is 0 Å². The molecule has 0 bridgehead atoms. The van der Waals surface area contributed by atoms with Gasteiger partial charge in [-0.05, 0) is 19.8 Å². The van der Waals surface area contributed by atoms with Crippen molar-refractivity contribution in [1.29, 1.82) is 0 Å². The van der Waals surface area contributed by atoms with Gasteiger partial charge in [-0.3, -0.25) is 0 Å². The van der Waals surface area contributed by atoms with Gasteiger partial charge in [0.2, 0.25) is 0 Å². The van der Waals surface area contributed by atoms with E-state index in [1.165, 1.54) is 12.8 Å². The fourth-order valence-electron chi connectivity index (χ4n) is 0.829. The molecule has 1 atom stereocenters. The van der Waals surface area contributed by atoms with Crippen molar-refractivity contribution in [1.82, 2.24) is 0 Å². The van der Waals surface area contributed by atoms with Crippen LogP contribution in [0, 0.1) is 0 Å². The molecule has 0 saturated carbocycles. The van der Waals surface area contributed by atoms with E-state index in [0.29, 0.717) is 6.10 Å². The minimum Gasteiger partial charge on any atom is -0.378 e. The second-order valence-electron chi connectivity index (χ2n) is 2.51. The van der Waals surface area contributed by atoms with Crippen LogP contribution in [-0.4, -0.2) is 18.0 Å². The molecule has 0 saturated heterocycles. The fraction of sp³-hybridized carbons (Fsp3) is 1.00. The molecular weight excluding hydrogens is 192 g/mol. The maximum absolute atomic E-state index is 5.49. The highest BCUT2D eigenvalue weighted by Crippen LogP contribution is 2.01. The Kier molecular flexibility index (Phi) is 7.88. The van der Waals surface area contributed by atoms with Crippen molar-refractivity contribution in [2.45, 2.75) is 39.2 Å². The Balaban J connectivity index is 2.97. The van der Waals surface area contributed by atoms with Gasteiger partial charge in [-0.25, -0.2) is 0 Å². The maximum atomic E-state index is 5.49. The summed E-state index contributed by atoms with van der Waals surface area (Å²) >= 11 is 3.36. The Hall–Kier alpha value is 0.440. The lowest BCUT2D eigenvalue weighted by molar-refractivity contribution is 0.0609. The first-order valence-corrected chi connectivity index (χ1v) is 5.11. The van der Waals surface area contributed by atoms with E-state index in [2.05, 4.69) is 29.8 Å². The first-order valence-electron chi connectivity index (χ1n) is 3.98. The summed E-state index contributed by atoms with van der Waals surface area (Å²) in [7, 11) is 0. The highest BCUT2D eigenvalue weighted by Gasteiger charge is 1.97. The monoisotopic (exact) mass is 208 g/mol. The van der Waals surface area contributed by atoms with E-state index in [9.17, 15) is 0 Å². The molecule has 2 heteroatoms. The minimum atomic E-state index is 0.448. The third kappa shape index (κ3) is 6.56. The predicted molar refractivity (Wildman–Crippen MR) is 48.7 cm³/mol. The van der Waals surface area contributed by atoms with Crippen LogP contribution in [-0.2, 0) is 4.74 Å². The molecule has 0 amide bonds. The lowest BCUT2D eigenvalue weighted by Gasteiger charge is -2.10. The predicted octanol–water partition coefficient (Wildman–Crippen LogP) is 2.98. The van der Waals surface area contributed by atoms with Gasteiger partial charge in [-0.1, -0.05) is 29.3 Å². The zero-order valence-electron chi connectivity index (χ0n) is 6.90. The molecule has 0 aliphatic rings. The van der Waals surface area contributed by atoms with Crippen molar-refractivity contribution in [3.8, 4) is 0 Å². The van der Waals surface area contributed by atoms with Crippen LogP contribution in [0.4, 0.5) is 0 Å². The molecule has 0 radical (unpaired) electrons. The molecule has 1 unspecified atom stereocenters. The third-order valence-corrected chi connectivity index (χ3v) is 1.94. The van der Waals surface area contributed by atoms with Crippen molar-refractivity contribution >= 4 is 15.9 Å². The van der Waals surface area contributed by atoms with E-state index in [-0.39, 0.29) is 0 Å². The van der Waals surface area contributed by atoms with Gasteiger partial charge < -0.3 is 4.74 Å². The van der Waals surface area contributed by atoms with Crippen LogP contribution in [0.3, 0.4) is 0 Å². The third-order valence-electron chi connectivity index (χ3n) is 1.38. The Bertz CT molecular complexity index is 66.3. The summed E-state index contributed by atoms with van der Waals surface area (Å²) in [6.45, 7) is 5.22. The zero-order chi connectivity index (χ0) is 7.82. The molecule has 0 fully saturated rings. The molecule has 0 aromatic carbocycles. The highest BCUT2D eigenvalue weighted by atomic mass is 79.9. The van der Waals surface area contributed by atoms with Gasteiger partial charge in [-0.15, -0.1) is 0 Å². The summed E-state index contributed by atoms with van der Waals surface area (Å²) < 4.78 is 5.49. The van der Waals surface area contributed by atoms with Crippen LogP contribution in [0.1, 0.15) is 33.1 Å². The summed E-state index contributed by atoms with van der Waals surface area (Å²) in [5, 5.41) is 1.05. The number of rotatable bonds is 6. The summed E-state index contributed by atoms with van der Waals surface area (Å²) in [4.78, 5) is 0. The number of halogens is 1. The van der Waals surface area contributed by atoms with Gasteiger partial charge >= 0.3 is 0 Å². The van der Waals surface area contributed by atoms with Gasteiger partial charge in [-0.2, -0.15) is 0 Å². The quantitative estimate of drug-likeness (QED) is 0.482. The maximum Gasteiger partial charge on any atom is 0.0546 e. The molecule has 0 aromatic heterocycles. The van der Waals surface area contributed by atoms with Crippen LogP contribution >= 0.6 is 15.9 Å². The number of hydrogen-bond donors (Lipinski definition) is 0. The van der Waals surface area contributed by atoms with E-state index >= 15 is 0 Å². The van der Waals surface area contributed by atoms with Crippen LogP contribution < -0.4 is 0 Å². The molecule has 0 aliphatic carbocycles. The standard InChI is InChI=1S/C8H17BrO/c1-3-5-8(2)10-7-4-6-9/h8H,3-7H2,1-2H3. The van der Waals surface area contributed by atoms with Gasteiger partial charge in [0, 0.05) is 11.9 Å². The fourth-order valence-corrected chi connectivity index (χ4v) is 1.06. The van der Waals surface area contributed by atoms with Gasteiger partial charge in [0.25, 0.3) is 0 Å². The lowest BCUT2D eigenvalue weighted by atomic mass is 10.2. The first kappa shape index (κ1) is 10.4. The average molecular weight is 209 g/mol. The summed E-state index contributed by atoms with van der Waals surface area (Å²) in [6.07, 6.45) is 3.97. The van der Waals surface area contributed by atoms with Gasteiger partial charge in [0.15, 0.2) is 0 Å². The van der Waals surface area contributed by atoms with Crippen LogP contribution in [0.15, 0.2) is 0 Å². The summed E-state index contributed by atoms with van der Waals surface area (Å²) in [5.41, 5.74) is 0. The molecule has 10 heavy (non-hydrogen) atoms. The van der Waals surface area contributed by atoms with Gasteiger partial charge in [0.05, 0.1) is 6.10 Å². The van der Waals surface area contributed by atoms with E-state index in [1.54, 1.807) is 0 Å². The number of hydrogen-bond acceptors (Lipinski definition) is 1. The zero-order valence-corrected chi connectivity index (χ0v) is 8.49. The van der Waals surface area contributed by atoms with Crippen LogP contribution in [0.2, 0.25) is 0 Å².